The van der Waals surface area contributed by atoms with E-state index >= 15 is 0 Å². The number of hydroxylamine groups is 1. The molecule has 0 radical (unpaired) electrons. The van der Waals surface area contributed by atoms with Gasteiger partial charge in [-0.1, -0.05) is 43.7 Å². The van der Waals surface area contributed by atoms with Gasteiger partial charge in [-0.15, -0.1) is 5.10 Å². The number of esters is 1. The van der Waals surface area contributed by atoms with Crippen LogP contribution in [0.15, 0.2) is 36.7 Å². The number of carbonyl (C=O) groups is 4. The summed E-state index contributed by atoms with van der Waals surface area (Å²) < 4.78 is 6.36. The van der Waals surface area contributed by atoms with Crippen LogP contribution in [-0.2, 0) is 43.4 Å². The van der Waals surface area contributed by atoms with Crippen molar-refractivity contribution in [3.8, 4) is 0 Å². The number of rotatable bonds is 14. The number of methoxy groups -OCH3 is 1. The predicted molar refractivity (Wildman–Crippen MR) is 140 cm³/mol. The second kappa shape index (κ2) is 14.0. The number of aromatic amines is 1. The number of nitrogens with one attached hydrogen (secondary N) is 4. The van der Waals surface area contributed by atoms with Crippen LogP contribution in [0.5, 0.6) is 0 Å². The molecule has 13 nitrogen and oxygen atoms in total. The molecule has 13 heteroatoms. The molecule has 3 rings (SSSR count). The summed E-state index contributed by atoms with van der Waals surface area (Å²) in [4.78, 5) is 52.4. The predicted octanol–water partition coefficient (Wildman–Crippen LogP) is 1.22. The number of carbonyl (C=O) groups excluding carboxylic acids is 4. The number of hydrogen-bond donors (Lipinski definition) is 5. The van der Waals surface area contributed by atoms with Gasteiger partial charge in [-0.3, -0.25) is 24.3 Å². The Balaban J connectivity index is 1.52. The average molecular weight is 542 g/mol. The Labute approximate surface area is 225 Å². The number of ether oxygens (including phenoxy) is 1. The molecule has 0 fully saturated rings. The minimum absolute atomic E-state index is 0.0445. The van der Waals surface area contributed by atoms with Crippen LogP contribution in [-0.4, -0.2) is 62.0 Å². The Bertz CT molecular complexity index is 1290. The number of aryl methyl sites for hydroxylation is 1. The van der Waals surface area contributed by atoms with E-state index in [1.54, 1.807) is 11.7 Å². The minimum atomic E-state index is -0.852. The molecule has 0 saturated carbocycles. The molecule has 0 saturated heterocycles. The minimum Gasteiger partial charge on any atom is -0.467 e. The summed E-state index contributed by atoms with van der Waals surface area (Å²) in [7, 11) is 1.28. The van der Waals surface area contributed by atoms with Gasteiger partial charge in [-0.25, -0.2) is 10.3 Å². The van der Waals surface area contributed by atoms with Crippen LogP contribution < -0.4 is 16.1 Å². The van der Waals surface area contributed by atoms with Gasteiger partial charge in [-0.2, -0.15) is 0 Å². The molecule has 3 atom stereocenters. The first kappa shape index (κ1) is 29.3. The number of hydrogen-bond acceptors (Lipinski definition) is 8. The van der Waals surface area contributed by atoms with Crippen LogP contribution in [0.2, 0.25) is 0 Å². The van der Waals surface area contributed by atoms with E-state index in [4.69, 9.17) is 9.94 Å². The molecular weight excluding hydrogens is 506 g/mol. The second-order valence-corrected chi connectivity index (χ2v) is 9.38. The molecule has 2 aromatic heterocycles. The highest BCUT2D eigenvalue weighted by Crippen LogP contribution is 2.20. The van der Waals surface area contributed by atoms with E-state index in [-0.39, 0.29) is 50.1 Å². The van der Waals surface area contributed by atoms with Crippen molar-refractivity contribution in [2.45, 2.75) is 58.7 Å². The summed E-state index contributed by atoms with van der Waals surface area (Å²) in [6, 6.07) is 6.84. The van der Waals surface area contributed by atoms with Gasteiger partial charge >= 0.3 is 5.97 Å². The summed E-state index contributed by atoms with van der Waals surface area (Å²) in [5.41, 5.74) is 3.86. The van der Waals surface area contributed by atoms with Crippen LogP contribution in [0, 0.1) is 11.8 Å². The Morgan fingerprint density at radius 1 is 1.18 bits per heavy atom. The number of aromatic nitrogens is 4. The van der Waals surface area contributed by atoms with E-state index in [2.05, 4.69) is 25.9 Å². The largest absolute Gasteiger partial charge is 0.467 e. The second-order valence-electron chi connectivity index (χ2n) is 9.38. The van der Waals surface area contributed by atoms with E-state index in [0.717, 1.165) is 16.5 Å². The lowest BCUT2D eigenvalue weighted by molar-refractivity contribution is -0.145. The van der Waals surface area contributed by atoms with Crippen molar-refractivity contribution in [3.63, 3.8) is 0 Å². The van der Waals surface area contributed by atoms with E-state index in [0.29, 0.717) is 12.1 Å². The molecule has 0 aliphatic carbocycles. The van der Waals surface area contributed by atoms with Crippen LogP contribution in [0.4, 0.5) is 0 Å². The maximum atomic E-state index is 12.6. The number of amides is 3. The van der Waals surface area contributed by atoms with Gasteiger partial charge in [0, 0.05) is 42.3 Å². The summed E-state index contributed by atoms with van der Waals surface area (Å²) in [5.74, 6) is -2.52. The quantitative estimate of drug-likeness (QED) is 0.115. The Morgan fingerprint density at radius 3 is 2.67 bits per heavy atom. The number of nitrogens with zero attached hydrogens (tertiary/aromatic N) is 3. The van der Waals surface area contributed by atoms with Gasteiger partial charge in [0.15, 0.2) is 0 Å². The van der Waals surface area contributed by atoms with E-state index in [1.807, 2.05) is 44.3 Å². The fraction of sp³-hybridized carbons (Fsp3) is 0.462. The smallest absolute Gasteiger partial charge is 0.328 e. The molecule has 1 aromatic carbocycles. The molecule has 0 aliphatic rings. The topological polar surface area (TPSA) is 180 Å². The zero-order valence-corrected chi connectivity index (χ0v) is 22.3. The first-order valence-electron chi connectivity index (χ1n) is 12.8. The van der Waals surface area contributed by atoms with Crippen molar-refractivity contribution >= 4 is 34.6 Å². The highest BCUT2D eigenvalue weighted by atomic mass is 16.5. The Kier molecular flexibility index (Phi) is 10.6. The van der Waals surface area contributed by atoms with Gasteiger partial charge in [0.05, 0.1) is 26.4 Å². The van der Waals surface area contributed by atoms with Gasteiger partial charge in [0.1, 0.15) is 11.7 Å². The maximum Gasteiger partial charge on any atom is 0.328 e. The van der Waals surface area contributed by atoms with Crippen molar-refractivity contribution in [2.75, 3.05) is 7.11 Å². The van der Waals surface area contributed by atoms with Crippen LogP contribution in [0.1, 0.15) is 44.4 Å². The summed E-state index contributed by atoms with van der Waals surface area (Å²) >= 11 is 0. The van der Waals surface area contributed by atoms with Crippen molar-refractivity contribution < 1.29 is 29.1 Å². The lowest BCUT2D eigenvalue weighted by Gasteiger charge is -2.21. The SMILES string of the molecule is CCC(C)C(CC(=O)NO)C(=O)NCc1cn(CCC(=O)N[C@@H](Cc2c[nH]c3ccccc23)C(=O)OC)nn1. The molecule has 3 amide bonds. The van der Waals surface area contributed by atoms with Gasteiger partial charge in [-0.05, 0) is 17.5 Å². The fourth-order valence-electron chi connectivity index (χ4n) is 4.26. The summed E-state index contributed by atoms with van der Waals surface area (Å²) in [6.07, 6.45) is 4.29. The highest BCUT2D eigenvalue weighted by Gasteiger charge is 2.27. The number of H-pyrrole nitrogens is 1. The molecule has 0 aliphatic heterocycles. The standard InChI is InChI=1S/C26H35N7O6/c1-4-16(2)20(12-24(35)31-38)25(36)28-14-18-15-33(32-30-18)10-9-23(34)29-22(26(37)39-3)11-17-13-27-21-8-6-5-7-19(17)21/h5-8,13,15-16,20,22,27,38H,4,9-12,14H2,1-3H3,(H,28,36)(H,29,34)(H,31,35)/t16?,20?,22-/m0/s1. The zero-order valence-electron chi connectivity index (χ0n) is 22.3. The number of fused-ring (bicyclic) bond motifs is 1. The van der Waals surface area contributed by atoms with Crippen LogP contribution in [0.25, 0.3) is 10.9 Å². The monoisotopic (exact) mass is 541 g/mol. The molecule has 3 aromatic rings. The third-order valence-electron chi connectivity index (χ3n) is 6.72. The molecule has 0 bridgehead atoms. The van der Waals surface area contributed by atoms with Gasteiger partial charge in [0.2, 0.25) is 17.7 Å². The molecule has 0 spiro atoms. The molecule has 39 heavy (non-hydrogen) atoms. The summed E-state index contributed by atoms with van der Waals surface area (Å²) in [5, 5.41) is 23.3. The zero-order chi connectivity index (χ0) is 28.4. The van der Waals surface area contributed by atoms with Crippen molar-refractivity contribution in [1.29, 1.82) is 0 Å². The average Bonchev–Trinajstić information content (AvgIpc) is 3.59. The normalized spacial score (nSPS) is 13.3. The first-order valence-corrected chi connectivity index (χ1v) is 12.8. The van der Waals surface area contributed by atoms with Crippen molar-refractivity contribution in [1.82, 2.24) is 36.1 Å². The van der Waals surface area contributed by atoms with Crippen LogP contribution in [0.3, 0.4) is 0 Å². The van der Waals surface area contributed by atoms with E-state index in [1.165, 1.54) is 11.8 Å². The third-order valence-corrected chi connectivity index (χ3v) is 6.72. The first-order chi connectivity index (χ1) is 18.7. The number of para-hydroxylation sites is 1. The lowest BCUT2D eigenvalue weighted by Crippen LogP contribution is -2.43. The maximum absolute atomic E-state index is 12.6. The van der Waals surface area contributed by atoms with Gasteiger partial charge in [0.25, 0.3) is 0 Å². The van der Waals surface area contributed by atoms with E-state index < -0.39 is 23.8 Å². The van der Waals surface area contributed by atoms with Crippen LogP contribution >= 0.6 is 0 Å². The van der Waals surface area contributed by atoms with E-state index in [9.17, 15) is 19.2 Å². The molecule has 5 N–H and O–H groups in total. The highest BCUT2D eigenvalue weighted by molar-refractivity contribution is 5.87. The lowest BCUT2D eigenvalue weighted by atomic mass is 9.88. The fourth-order valence-corrected chi connectivity index (χ4v) is 4.26. The third kappa shape index (κ3) is 8.11. The number of benzene rings is 1. The molecule has 2 heterocycles. The van der Waals surface area contributed by atoms with Crippen molar-refractivity contribution in [3.05, 3.63) is 47.9 Å². The molecular formula is C26H35N7O6. The van der Waals surface area contributed by atoms with Crippen molar-refractivity contribution in [2.24, 2.45) is 11.8 Å². The van der Waals surface area contributed by atoms with Gasteiger partial charge < -0.3 is 20.4 Å². The molecule has 210 valence electrons. The Hall–Kier alpha value is -4.26. The molecule has 2 unspecified atom stereocenters. The summed E-state index contributed by atoms with van der Waals surface area (Å²) in [6.45, 7) is 4.08. The Morgan fingerprint density at radius 2 is 1.95 bits per heavy atom.